The number of imide groups is 1. The van der Waals surface area contributed by atoms with Crippen molar-refractivity contribution in [1.29, 1.82) is 10.5 Å². The minimum atomic E-state index is -1.04. The topological polar surface area (TPSA) is 474 Å². The molecule has 0 aliphatic carbocycles. The fourth-order valence-electron chi connectivity index (χ4n) is 10.4. The molecule has 0 radical (unpaired) electrons. The van der Waals surface area contributed by atoms with Crippen LogP contribution in [0.15, 0.2) is 191 Å². The molecule has 0 spiro atoms. The summed E-state index contributed by atoms with van der Waals surface area (Å²) in [6, 6.07) is 30.8. The predicted octanol–water partition coefficient (Wildman–Crippen LogP) is 19.0. The molecule has 2 amide bonds. The van der Waals surface area contributed by atoms with Gasteiger partial charge in [0.05, 0.1) is 78.1 Å². The lowest BCUT2D eigenvalue weighted by atomic mass is 10.2. The number of carbonyl (C=O) groups is 2. The van der Waals surface area contributed by atoms with Crippen LogP contribution in [0.3, 0.4) is 0 Å². The van der Waals surface area contributed by atoms with Gasteiger partial charge in [0.15, 0.2) is 28.7 Å². The molecule has 11 rings (SSSR count). The number of nitro benzene ring substituents is 2. The van der Waals surface area contributed by atoms with E-state index in [1.807, 2.05) is 65.7 Å². The molecule has 6 heterocycles. The van der Waals surface area contributed by atoms with Gasteiger partial charge in [-0.2, -0.15) is 20.3 Å². The molecule has 35 nitrogen and oxygen atoms in total. The standard InChI is InChI=1S/C21H21Cl2N5O5.C19H15Cl2N5O4.C15H14Cl2N2O4.C15H16Cl2N2O2.C11H6Cl2N2O4/c1-4-32-21(31)25-20(30)17(9-24)27-26-13-7-15(22)19(16(23)8-13)33-14-5-6-18(29)28(11-14)10-12(2)3;1-10(2)8-25-9-12(3-4-16(25)27)30-17-13(20)5-11(6-14(17)21)26-19(29)23-18(28)15(7-22)24-26;1-9(2)7-18-8-11(3-4-14(18)20)23-15-12(16)5-10(19(21)22)6-13(15)17;1-9(2)7-19-8-11(3-4-14(19)20)21-15-12(16)5-10(18)6-13(15)17;12-8-3-6(15(17)18)4-9(13)11(8)19-7-1-2-10(16)14-5-7/h5-8,11-12,26H,4,10H2,1-3H3,(H,25,30,31);3-6,9-10H,8H2,1-2H3,(H,23,28,29);3-6,8-9H,7H2,1-2H3;3-6,8-9H,7,18H2,1-2H3;1-5H,(H,14,16). The van der Waals surface area contributed by atoms with E-state index in [1.165, 1.54) is 98.8 Å². The van der Waals surface area contributed by atoms with Gasteiger partial charge in [0.25, 0.3) is 45.1 Å². The van der Waals surface area contributed by atoms with Crippen molar-refractivity contribution in [2.24, 2.45) is 28.8 Å². The van der Waals surface area contributed by atoms with E-state index in [4.69, 9.17) is 156 Å². The Morgan fingerprint density at radius 3 is 1.13 bits per heavy atom. The SMILES string of the molecule is CC(C)Cn1cc(Oc2c(Cl)cc(-n3nc(C#N)c(=O)[nH]c3=O)cc2Cl)ccc1=O.CC(C)Cn1cc(Oc2c(Cl)cc(N)cc2Cl)ccc1=O.CC(C)Cn1cc(Oc2c(Cl)cc([N+](=O)[O-])cc2Cl)ccc1=O.CCOC(=O)NC(=O)C(C#N)=NNc1cc(Cl)c(Oc2ccc(=O)n(CC(C)C)c2)c(Cl)c1.O=c1ccc(Oc2c(Cl)cc([N+](=O)[O-])cc2Cl)c[nH]1. The number of nitro groups is 2. The number of pyridine rings is 5. The number of hydrogen-bond acceptors (Lipinski definition) is 25. The number of hydrogen-bond donors (Lipinski definition) is 5. The third-order valence-electron chi connectivity index (χ3n) is 15.6. The van der Waals surface area contributed by atoms with Crippen LogP contribution < -0.4 is 79.2 Å². The third kappa shape index (κ3) is 29.8. The molecule has 0 fully saturated rings. The number of anilines is 2. The fraction of sp³-hybridized carbons (Fsp3) is 0.222. The Balaban J connectivity index is 0.000000219. The smallest absolute Gasteiger partial charge is 0.414 e. The Morgan fingerprint density at radius 2 is 0.825 bits per heavy atom. The summed E-state index contributed by atoms with van der Waals surface area (Å²) in [6.07, 6.45) is 6.64. The first kappa shape index (κ1) is 100. The molecule has 0 saturated heterocycles. The summed E-state index contributed by atoms with van der Waals surface area (Å²) >= 11 is 61.1. The number of aromatic nitrogens is 8. The largest absolute Gasteiger partial charge is 0.453 e. The molecule has 0 saturated carbocycles. The van der Waals surface area contributed by atoms with Crippen molar-refractivity contribution in [2.45, 2.75) is 88.5 Å². The number of nitriles is 2. The van der Waals surface area contributed by atoms with Crippen LogP contribution in [0.25, 0.3) is 5.69 Å². The monoisotopic (exact) mass is 1920 g/mol. The summed E-state index contributed by atoms with van der Waals surface area (Å²) in [7, 11) is 0. The van der Waals surface area contributed by atoms with Gasteiger partial charge in [-0.05, 0) is 97.3 Å². The number of benzene rings is 5. The lowest BCUT2D eigenvalue weighted by Crippen LogP contribution is -2.36. The number of H-pyrrole nitrogens is 2. The van der Waals surface area contributed by atoms with Crippen molar-refractivity contribution in [3.8, 4) is 75.3 Å². The first-order chi connectivity index (χ1) is 59.4. The van der Waals surface area contributed by atoms with Gasteiger partial charge >= 0.3 is 11.8 Å². The Kier molecular flexibility index (Phi) is 37.4. The molecule has 0 unspecified atom stereocenters. The van der Waals surface area contributed by atoms with E-state index in [1.54, 1.807) is 66.6 Å². The molecule has 0 atom stereocenters. The second-order valence-electron chi connectivity index (χ2n) is 27.7. The molecule has 5 aromatic carbocycles. The number of aromatic amines is 2. The number of amides is 2. The summed E-state index contributed by atoms with van der Waals surface area (Å²) in [4.78, 5) is 130. The Morgan fingerprint density at radius 1 is 0.500 bits per heavy atom. The van der Waals surface area contributed by atoms with Gasteiger partial charge in [-0.3, -0.25) is 69.5 Å². The number of nitrogens with zero attached hydrogens (tertiary/aromatic N) is 11. The highest BCUT2D eigenvalue weighted by Crippen LogP contribution is 2.44. The van der Waals surface area contributed by atoms with Crippen LogP contribution in [0, 0.1) is 66.6 Å². The van der Waals surface area contributed by atoms with Gasteiger partial charge in [0.2, 0.25) is 17.0 Å². The van der Waals surface area contributed by atoms with Gasteiger partial charge in [0.1, 0.15) is 40.9 Å². The van der Waals surface area contributed by atoms with E-state index in [9.17, 15) is 63.4 Å². The number of nitrogen functional groups attached to an aromatic ring is 1. The van der Waals surface area contributed by atoms with Crippen LogP contribution in [0.4, 0.5) is 27.5 Å². The molecule has 45 heteroatoms. The van der Waals surface area contributed by atoms with Crippen LogP contribution in [-0.2, 0) is 35.7 Å². The van der Waals surface area contributed by atoms with Gasteiger partial charge in [-0.15, -0.1) is 5.10 Å². The normalized spacial score (nSPS) is 10.8. The number of nitrogens with two attached hydrogens (primary N) is 1. The first-order valence-electron chi connectivity index (χ1n) is 36.7. The summed E-state index contributed by atoms with van der Waals surface area (Å²) < 4.78 is 39.7. The van der Waals surface area contributed by atoms with Gasteiger partial charge in [-0.1, -0.05) is 171 Å². The quantitative estimate of drug-likeness (QED) is 0.0153. The minimum Gasteiger partial charge on any atom is -0.453 e. The van der Waals surface area contributed by atoms with Crippen molar-refractivity contribution in [3.05, 3.63) is 301 Å². The van der Waals surface area contributed by atoms with Crippen LogP contribution in [0.1, 0.15) is 68.0 Å². The van der Waals surface area contributed by atoms with Crippen LogP contribution in [0.2, 0.25) is 50.2 Å². The summed E-state index contributed by atoms with van der Waals surface area (Å²) in [5.41, 5.74) is 4.80. The molecule has 6 N–H and O–H groups in total. The maximum absolute atomic E-state index is 12.1. The zero-order valence-corrected chi connectivity index (χ0v) is 74.9. The number of ether oxygens (including phenoxy) is 6. The van der Waals surface area contributed by atoms with E-state index in [2.05, 4.69) is 25.3 Å². The average molecular weight is 1930 g/mol. The number of non-ortho nitro benzene ring substituents is 2. The molecule has 126 heavy (non-hydrogen) atoms. The lowest BCUT2D eigenvalue weighted by molar-refractivity contribution is -0.385. The van der Waals surface area contributed by atoms with Crippen molar-refractivity contribution < 1.29 is 47.9 Å². The Hall–Kier alpha value is -12.7. The van der Waals surface area contributed by atoms with E-state index < -0.39 is 44.5 Å². The van der Waals surface area contributed by atoms with Crippen molar-refractivity contribution in [3.63, 3.8) is 0 Å². The second kappa shape index (κ2) is 46.9. The van der Waals surface area contributed by atoms with Crippen LogP contribution >= 0.6 is 116 Å². The zero-order chi connectivity index (χ0) is 93.2. The second-order valence-corrected chi connectivity index (χ2v) is 31.8. The number of carbonyl (C=O) groups excluding carboxylic acids is 2. The molecular formula is C81H72Cl10N16O19. The molecule has 6 aromatic heterocycles. The van der Waals surface area contributed by atoms with E-state index in [0.29, 0.717) is 82.3 Å². The zero-order valence-electron chi connectivity index (χ0n) is 67.3. The molecule has 11 aromatic rings. The Bertz CT molecular complexity index is 6340. The third-order valence-corrected chi connectivity index (χ3v) is 18.4. The number of nitrogens with one attached hydrogen (secondary N) is 4. The van der Waals surface area contributed by atoms with Crippen molar-refractivity contribution in [1.82, 2.24) is 43.3 Å². The molecule has 0 aliphatic heterocycles. The van der Waals surface area contributed by atoms with E-state index in [-0.39, 0.29) is 138 Å². The molecule has 0 aliphatic rings. The highest BCUT2D eigenvalue weighted by atomic mass is 35.5. The number of rotatable bonds is 25. The summed E-state index contributed by atoms with van der Waals surface area (Å²) in [6.45, 7) is 19.8. The van der Waals surface area contributed by atoms with E-state index in [0.717, 1.165) is 28.9 Å². The van der Waals surface area contributed by atoms with Gasteiger partial charge < -0.3 is 57.4 Å². The maximum atomic E-state index is 12.1. The van der Waals surface area contributed by atoms with Crippen LogP contribution in [-0.4, -0.2) is 72.2 Å². The maximum Gasteiger partial charge on any atom is 0.414 e. The molecular weight excluding hydrogens is 1860 g/mol. The summed E-state index contributed by atoms with van der Waals surface area (Å²) in [5.74, 6) is 2.73. The minimum absolute atomic E-state index is 0.00500. The van der Waals surface area contributed by atoms with Gasteiger partial charge in [-0.25, -0.2) is 9.59 Å². The number of hydrazone groups is 1. The average Bonchev–Trinajstić information content (AvgIpc) is 0.779. The molecule has 0 bridgehead atoms. The lowest BCUT2D eigenvalue weighted by Gasteiger charge is -2.14. The van der Waals surface area contributed by atoms with Gasteiger partial charge in [0, 0.05) is 117 Å². The van der Waals surface area contributed by atoms with Crippen molar-refractivity contribution >= 4 is 156 Å². The Labute approximate surface area is 764 Å². The number of halogens is 10. The number of alkyl carbamates (subject to hydrolysis) is 1. The highest BCUT2D eigenvalue weighted by Gasteiger charge is 2.23. The van der Waals surface area contributed by atoms with E-state index >= 15 is 0 Å². The van der Waals surface area contributed by atoms with Crippen molar-refractivity contribution in [2.75, 3.05) is 17.8 Å². The molecule has 660 valence electrons. The fourth-order valence-corrected chi connectivity index (χ4v) is 13.2. The first-order valence-corrected chi connectivity index (χ1v) is 40.5. The summed E-state index contributed by atoms with van der Waals surface area (Å²) in [5, 5.41) is 49.7. The predicted molar refractivity (Wildman–Crippen MR) is 480 cm³/mol. The highest BCUT2D eigenvalue weighted by molar-refractivity contribution is 6.47. The van der Waals surface area contributed by atoms with Crippen LogP contribution in [0.5, 0.6) is 57.5 Å².